The van der Waals surface area contributed by atoms with Crippen LogP contribution in [0, 0.1) is 0 Å². The first-order valence-corrected chi connectivity index (χ1v) is 6.46. The predicted octanol–water partition coefficient (Wildman–Crippen LogP) is 4.26. The second kappa shape index (κ2) is 6.18. The summed E-state index contributed by atoms with van der Waals surface area (Å²) in [5.74, 6) is 0.0566. The van der Waals surface area contributed by atoms with Crippen molar-refractivity contribution >= 4 is 17.4 Å². The summed E-state index contributed by atoms with van der Waals surface area (Å²) in [4.78, 5) is 4.10. The molecule has 0 spiro atoms. The molecule has 2 rings (SSSR count). The van der Waals surface area contributed by atoms with Gasteiger partial charge in [-0.15, -0.1) is 0 Å². The van der Waals surface area contributed by atoms with Gasteiger partial charge in [0, 0.05) is 10.6 Å². The SMILES string of the molecule is NC(=NCc1cccc(Cl)c1)c1cccc(C(F)(F)F)c1. The molecule has 2 aromatic carbocycles. The van der Waals surface area contributed by atoms with Crippen molar-refractivity contribution in [2.24, 2.45) is 10.7 Å². The summed E-state index contributed by atoms with van der Waals surface area (Å²) in [7, 11) is 0. The molecular formula is C15H12ClF3N2. The first-order chi connectivity index (χ1) is 9.86. The summed E-state index contributed by atoms with van der Waals surface area (Å²) < 4.78 is 37.9. The largest absolute Gasteiger partial charge is 0.416 e. The molecule has 110 valence electrons. The van der Waals surface area contributed by atoms with E-state index >= 15 is 0 Å². The normalized spacial score (nSPS) is 12.5. The number of nitrogens with zero attached hydrogens (tertiary/aromatic N) is 1. The maximum Gasteiger partial charge on any atom is 0.416 e. The van der Waals surface area contributed by atoms with Gasteiger partial charge in [-0.3, -0.25) is 4.99 Å². The minimum atomic E-state index is -4.40. The zero-order chi connectivity index (χ0) is 15.5. The standard InChI is InChI=1S/C15H12ClF3N2/c16-13-6-1-3-10(7-13)9-21-14(20)11-4-2-5-12(8-11)15(17,18)19/h1-8H,9H2,(H2,20,21). The number of nitrogens with two attached hydrogens (primary N) is 1. The molecule has 2 nitrogen and oxygen atoms in total. The van der Waals surface area contributed by atoms with Crippen LogP contribution in [0.25, 0.3) is 0 Å². The molecule has 2 N–H and O–H groups in total. The highest BCUT2D eigenvalue weighted by Crippen LogP contribution is 2.29. The number of hydrogen-bond acceptors (Lipinski definition) is 1. The number of amidine groups is 1. The molecule has 0 aliphatic rings. The van der Waals surface area contributed by atoms with Crippen LogP contribution in [-0.4, -0.2) is 5.84 Å². The molecule has 0 amide bonds. The Morgan fingerprint density at radius 3 is 2.48 bits per heavy atom. The van der Waals surface area contributed by atoms with Crippen LogP contribution in [-0.2, 0) is 12.7 Å². The van der Waals surface area contributed by atoms with Crippen LogP contribution in [0.3, 0.4) is 0 Å². The quantitative estimate of drug-likeness (QED) is 0.667. The number of halogens is 4. The molecule has 0 aliphatic carbocycles. The van der Waals surface area contributed by atoms with E-state index in [-0.39, 0.29) is 17.9 Å². The minimum Gasteiger partial charge on any atom is -0.383 e. The Hall–Kier alpha value is -2.01. The van der Waals surface area contributed by atoms with Gasteiger partial charge in [-0.05, 0) is 29.8 Å². The lowest BCUT2D eigenvalue weighted by atomic mass is 10.1. The van der Waals surface area contributed by atoms with Crippen molar-refractivity contribution in [2.45, 2.75) is 12.7 Å². The van der Waals surface area contributed by atoms with Crippen LogP contribution in [0.5, 0.6) is 0 Å². The monoisotopic (exact) mass is 312 g/mol. The Morgan fingerprint density at radius 2 is 1.81 bits per heavy atom. The van der Waals surface area contributed by atoms with Gasteiger partial charge in [-0.25, -0.2) is 0 Å². The third-order valence-corrected chi connectivity index (χ3v) is 3.04. The third-order valence-electron chi connectivity index (χ3n) is 2.81. The lowest BCUT2D eigenvalue weighted by Gasteiger charge is -2.08. The smallest absolute Gasteiger partial charge is 0.383 e. The first-order valence-electron chi connectivity index (χ1n) is 6.08. The van der Waals surface area contributed by atoms with Crippen molar-refractivity contribution in [1.82, 2.24) is 0 Å². The van der Waals surface area contributed by atoms with E-state index in [4.69, 9.17) is 17.3 Å². The summed E-state index contributed by atoms with van der Waals surface area (Å²) in [6.07, 6.45) is -4.40. The van der Waals surface area contributed by atoms with Gasteiger partial charge in [0.25, 0.3) is 0 Å². The lowest BCUT2D eigenvalue weighted by molar-refractivity contribution is -0.137. The first kappa shape index (κ1) is 15.4. The number of rotatable bonds is 3. The summed E-state index contributed by atoms with van der Waals surface area (Å²) in [5.41, 5.74) is 6.07. The van der Waals surface area contributed by atoms with Crippen LogP contribution in [0.1, 0.15) is 16.7 Å². The zero-order valence-electron chi connectivity index (χ0n) is 10.9. The highest BCUT2D eigenvalue weighted by molar-refractivity contribution is 6.30. The number of benzene rings is 2. The van der Waals surface area contributed by atoms with E-state index in [1.165, 1.54) is 12.1 Å². The van der Waals surface area contributed by atoms with Crippen molar-refractivity contribution in [2.75, 3.05) is 0 Å². The Bertz CT molecular complexity index is 666. The molecule has 0 fully saturated rings. The topological polar surface area (TPSA) is 38.4 Å². The van der Waals surface area contributed by atoms with Gasteiger partial charge in [0.15, 0.2) is 0 Å². The van der Waals surface area contributed by atoms with Crippen LogP contribution < -0.4 is 5.73 Å². The molecule has 0 bridgehead atoms. The van der Waals surface area contributed by atoms with Gasteiger partial charge in [0.1, 0.15) is 5.84 Å². The number of alkyl halides is 3. The molecule has 0 radical (unpaired) electrons. The van der Waals surface area contributed by atoms with E-state index in [1.807, 2.05) is 6.07 Å². The summed E-state index contributed by atoms with van der Waals surface area (Å²) in [5, 5.41) is 0.570. The van der Waals surface area contributed by atoms with Crippen molar-refractivity contribution in [3.63, 3.8) is 0 Å². The molecule has 0 unspecified atom stereocenters. The summed E-state index contributed by atoms with van der Waals surface area (Å²) in [6.45, 7) is 0.253. The summed E-state index contributed by atoms with van der Waals surface area (Å²) >= 11 is 5.84. The highest BCUT2D eigenvalue weighted by atomic mass is 35.5. The van der Waals surface area contributed by atoms with Crippen molar-refractivity contribution < 1.29 is 13.2 Å². The summed E-state index contributed by atoms with van der Waals surface area (Å²) in [6, 6.07) is 11.8. The second-order valence-corrected chi connectivity index (χ2v) is 4.85. The van der Waals surface area contributed by atoms with E-state index in [2.05, 4.69) is 4.99 Å². The molecule has 2 aromatic rings. The predicted molar refractivity (Wildman–Crippen MR) is 77.3 cm³/mol. The molecule has 0 aromatic heterocycles. The average molecular weight is 313 g/mol. The van der Waals surface area contributed by atoms with E-state index < -0.39 is 11.7 Å². The second-order valence-electron chi connectivity index (χ2n) is 4.41. The van der Waals surface area contributed by atoms with E-state index in [0.29, 0.717) is 5.02 Å². The Labute approximate surface area is 125 Å². The maximum atomic E-state index is 12.6. The lowest BCUT2D eigenvalue weighted by Crippen LogP contribution is -2.15. The van der Waals surface area contributed by atoms with Gasteiger partial charge in [-0.2, -0.15) is 13.2 Å². The van der Waals surface area contributed by atoms with E-state index in [9.17, 15) is 13.2 Å². The zero-order valence-corrected chi connectivity index (χ0v) is 11.6. The van der Waals surface area contributed by atoms with Gasteiger partial charge in [-0.1, -0.05) is 35.9 Å². The van der Waals surface area contributed by atoms with Crippen molar-refractivity contribution in [3.8, 4) is 0 Å². The highest BCUT2D eigenvalue weighted by Gasteiger charge is 2.30. The van der Waals surface area contributed by atoms with Gasteiger partial charge >= 0.3 is 6.18 Å². The minimum absolute atomic E-state index is 0.0566. The Balaban J connectivity index is 2.20. The molecule has 21 heavy (non-hydrogen) atoms. The molecule has 6 heteroatoms. The van der Waals surface area contributed by atoms with Crippen LogP contribution in [0.15, 0.2) is 53.5 Å². The van der Waals surface area contributed by atoms with Gasteiger partial charge in [0.2, 0.25) is 0 Å². The maximum absolute atomic E-state index is 12.6. The van der Waals surface area contributed by atoms with Crippen molar-refractivity contribution in [1.29, 1.82) is 0 Å². The fourth-order valence-electron chi connectivity index (χ4n) is 1.76. The Kier molecular flexibility index (Phi) is 4.53. The average Bonchev–Trinajstić information content (AvgIpc) is 2.44. The van der Waals surface area contributed by atoms with Gasteiger partial charge in [0.05, 0.1) is 12.1 Å². The molecule has 0 saturated carbocycles. The van der Waals surface area contributed by atoms with Crippen LogP contribution >= 0.6 is 11.6 Å². The molecule has 0 saturated heterocycles. The Morgan fingerprint density at radius 1 is 1.10 bits per heavy atom. The van der Waals surface area contributed by atoms with E-state index in [1.54, 1.807) is 18.2 Å². The number of hydrogen-bond donors (Lipinski definition) is 1. The molecule has 0 heterocycles. The van der Waals surface area contributed by atoms with Crippen LogP contribution in [0.4, 0.5) is 13.2 Å². The van der Waals surface area contributed by atoms with E-state index in [0.717, 1.165) is 17.7 Å². The van der Waals surface area contributed by atoms with Gasteiger partial charge < -0.3 is 5.73 Å². The van der Waals surface area contributed by atoms with Crippen LogP contribution in [0.2, 0.25) is 5.02 Å². The molecule has 0 aliphatic heterocycles. The number of aliphatic imine (C=N–C) groups is 1. The van der Waals surface area contributed by atoms with Crippen molar-refractivity contribution in [3.05, 3.63) is 70.2 Å². The fourth-order valence-corrected chi connectivity index (χ4v) is 1.97. The fraction of sp³-hybridized carbons (Fsp3) is 0.133. The molecular weight excluding hydrogens is 301 g/mol. The third kappa shape index (κ3) is 4.23. The molecule has 0 atom stereocenters.